The molecule has 1 N–H and O–H groups in total. The molecule has 2 aromatic heterocycles. The third-order valence-corrected chi connectivity index (χ3v) is 5.79. The summed E-state index contributed by atoms with van der Waals surface area (Å²) >= 11 is 11.8. The van der Waals surface area contributed by atoms with Gasteiger partial charge >= 0.3 is 0 Å². The van der Waals surface area contributed by atoms with Crippen LogP contribution in [0.25, 0.3) is 21.8 Å². The Balaban J connectivity index is 0.000000165. The van der Waals surface area contributed by atoms with Crippen LogP contribution in [0.15, 0.2) is 58.1 Å². The van der Waals surface area contributed by atoms with Crippen molar-refractivity contribution in [1.29, 1.82) is 0 Å². The summed E-state index contributed by atoms with van der Waals surface area (Å²) in [4.78, 5) is 26.0. The number of aryl methyl sites for hydroxylation is 2. The second-order valence-corrected chi connectivity index (χ2v) is 8.49. The lowest BCUT2D eigenvalue weighted by molar-refractivity contribution is -0.0522. The van der Waals surface area contributed by atoms with E-state index in [1.807, 2.05) is 38.1 Å². The number of benzene rings is 2. The van der Waals surface area contributed by atoms with Crippen molar-refractivity contribution in [2.75, 3.05) is 13.2 Å². The largest absolute Gasteiger partial charge is 0.348 e. The topological polar surface area (TPSA) is 73.3 Å². The zero-order valence-electron chi connectivity index (χ0n) is 17.7. The van der Waals surface area contributed by atoms with Gasteiger partial charge in [0.25, 0.3) is 5.56 Å². The first-order chi connectivity index (χ1) is 15.3. The van der Waals surface area contributed by atoms with Crippen LogP contribution < -0.4 is 11.1 Å². The van der Waals surface area contributed by atoms with Gasteiger partial charge in [-0.05, 0) is 49.2 Å². The molecule has 3 heterocycles. The number of fused-ring (bicyclic) bond motifs is 2. The molecule has 0 aliphatic carbocycles. The van der Waals surface area contributed by atoms with Crippen molar-refractivity contribution >= 4 is 45.0 Å². The minimum Gasteiger partial charge on any atom is -0.348 e. The number of H-pyrrole nitrogens is 1. The fourth-order valence-electron chi connectivity index (χ4n) is 3.78. The number of pyridine rings is 2. The average molecular weight is 473 g/mol. The number of hydrogen-bond donors (Lipinski definition) is 1. The first-order valence-electron chi connectivity index (χ1n) is 10.1. The quantitative estimate of drug-likeness (QED) is 0.453. The molecular weight excluding hydrogens is 451 g/mol. The maximum absolute atomic E-state index is 12.2. The molecule has 0 atom stereocenters. The maximum Gasteiger partial charge on any atom is 0.251 e. The highest BCUT2D eigenvalue weighted by Crippen LogP contribution is 2.22. The zero-order chi connectivity index (χ0) is 22.8. The summed E-state index contributed by atoms with van der Waals surface area (Å²) in [5.41, 5.74) is 3.37. The van der Waals surface area contributed by atoms with Crippen LogP contribution >= 0.6 is 23.2 Å². The van der Waals surface area contributed by atoms with Crippen molar-refractivity contribution in [3.63, 3.8) is 0 Å². The summed E-state index contributed by atoms with van der Waals surface area (Å²) in [6.45, 7) is 5.36. The lowest BCUT2D eigenvalue weighted by Crippen LogP contribution is -2.27. The second kappa shape index (κ2) is 9.46. The molecule has 0 bridgehead atoms. The van der Waals surface area contributed by atoms with Gasteiger partial charge in [-0.25, -0.2) is 0 Å². The van der Waals surface area contributed by atoms with E-state index in [0.717, 1.165) is 32.9 Å². The molecule has 166 valence electrons. The molecule has 0 amide bonds. The number of rotatable bonds is 2. The third kappa shape index (κ3) is 4.89. The predicted octanol–water partition coefficient (Wildman–Crippen LogP) is 4.83. The molecule has 1 fully saturated rings. The molecule has 4 aromatic rings. The van der Waals surface area contributed by atoms with Crippen LogP contribution in [0.1, 0.15) is 11.1 Å². The zero-order valence-corrected chi connectivity index (χ0v) is 19.2. The minimum atomic E-state index is -0.359. The van der Waals surface area contributed by atoms with Gasteiger partial charge in [-0.15, -0.1) is 0 Å². The van der Waals surface area contributed by atoms with Crippen LogP contribution in [0, 0.1) is 13.8 Å². The Labute approximate surface area is 194 Å². The Hall–Kier alpha value is -2.64. The predicted molar refractivity (Wildman–Crippen MR) is 128 cm³/mol. The van der Waals surface area contributed by atoms with Gasteiger partial charge in [-0.1, -0.05) is 35.3 Å². The highest BCUT2D eigenvalue weighted by molar-refractivity contribution is 6.31. The van der Waals surface area contributed by atoms with Gasteiger partial charge in [0.1, 0.15) is 0 Å². The van der Waals surface area contributed by atoms with Crippen LogP contribution in [-0.2, 0) is 16.0 Å². The number of aromatic amines is 1. The molecule has 0 unspecified atom stereocenters. The number of hydrogen-bond acceptors (Lipinski definition) is 4. The van der Waals surface area contributed by atoms with Crippen LogP contribution in [0.3, 0.4) is 0 Å². The smallest absolute Gasteiger partial charge is 0.251 e. The van der Waals surface area contributed by atoms with Gasteiger partial charge in [-0.2, -0.15) is 0 Å². The van der Waals surface area contributed by atoms with Crippen molar-refractivity contribution in [2.24, 2.45) is 0 Å². The standard InChI is InChI=1S/C14H14ClNO3.C10H8ClNO/c1-9-6-13(17)16(8-14-18-4-5-19-14)12-7-10(15)2-3-11(9)12;1-6-4-10(13)12-9-5-7(11)2-3-8(6)9/h2-3,6-7,14H,4-5,8H2,1H3;2-5H,1H3,(H,12,13). The lowest BCUT2D eigenvalue weighted by atomic mass is 10.1. The summed E-state index contributed by atoms with van der Waals surface area (Å²) in [6.07, 6.45) is -0.359. The van der Waals surface area contributed by atoms with Gasteiger partial charge in [-0.3, -0.25) is 9.59 Å². The summed E-state index contributed by atoms with van der Waals surface area (Å²) in [5, 5.41) is 3.29. The Bertz CT molecular complexity index is 1410. The number of aromatic nitrogens is 2. The molecule has 2 aromatic carbocycles. The summed E-state index contributed by atoms with van der Waals surface area (Å²) in [7, 11) is 0. The molecule has 0 saturated carbocycles. The monoisotopic (exact) mass is 472 g/mol. The fourth-order valence-corrected chi connectivity index (χ4v) is 4.12. The fraction of sp³-hybridized carbons (Fsp3) is 0.250. The molecule has 32 heavy (non-hydrogen) atoms. The van der Waals surface area contributed by atoms with Crippen LogP contribution in [0.4, 0.5) is 0 Å². The Kier molecular flexibility index (Phi) is 6.67. The Morgan fingerprint density at radius 3 is 2.25 bits per heavy atom. The van der Waals surface area contributed by atoms with E-state index in [1.165, 1.54) is 0 Å². The van der Waals surface area contributed by atoms with Crippen molar-refractivity contribution in [1.82, 2.24) is 9.55 Å². The lowest BCUT2D eigenvalue weighted by Gasteiger charge is -2.15. The van der Waals surface area contributed by atoms with Crippen LogP contribution in [0.5, 0.6) is 0 Å². The van der Waals surface area contributed by atoms with Gasteiger partial charge < -0.3 is 19.0 Å². The van der Waals surface area contributed by atoms with E-state index in [2.05, 4.69) is 4.98 Å². The Morgan fingerprint density at radius 1 is 0.906 bits per heavy atom. The van der Waals surface area contributed by atoms with E-state index in [4.69, 9.17) is 32.7 Å². The average Bonchev–Trinajstić information content (AvgIpc) is 3.24. The van der Waals surface area contributed by atoms with E-state index in [9.17, 15) is 9.59 Å². The summed E-state index contributed by atoms with van der Waals surface area (Å²) in [5.74, 6) is 0. The number of nitrogens with one attached hydrogen (secondary N) is 1. The summed E-state index contributed by atoms with van der Waals surface area (Å²) < 4.78 is 12.5. The molecule has 1 aliphatic rings. The number of halogens is 2. The molecule has 0 spiro atoms. The van der Waals surface area contributed by atoms with Crippen molar-refractivity contribution in [3.05, 3.63) is 90.4 Å². The van der Waals surface area contributed by atoms with Crippen molar-refractivity contribution in [2.45, 2.75) is 26.7 Å². The van der Waals surface area contributed by atoms with Crippen LogP contribution in [-0.4, -0.2) is 29.1 Å². The van der Waals surface area contributed by atoms with E-state index in [0.29, 0.717) is 29.8 Å². The third-order valence-electron chi connectivity index (χ3n) is 5.32. The maximum atomic E-state index is 12.2. The van der Waals surface area contributed by atoms with E-state index < -0.39 is 0 Å². The molecule has 0 radical (unpaired) electrons. The van der Waals surface area contributed by atoms with Gasteiger partial charge in [0.05, 0.1) is 30.8 Å². The highest BCUT2D eigenvalue weighted by Gasteiger charge is 2.18. The number of nitrogens with zero attached hydrogens (tertiary/aromatic N) is 1. The first-order valence-corrected chi connectivity index (χ1v) is 10.9. The SMILES string of the molecule is Cc1cc(=O)[nH]c2cc(Cl)ccc12.Cc1cc(=O)n(CC2OCCO2)c2cc(Cl)ccc12. The van der Waals surface area contributed by atoms with Crippen molar-refractivity contribution < 1.29 is 9.47 Å². The summed E-state index contributed by atoms with van der Waals surface area (Å²) in [6, 6.07) is 14.2. The van der Waals surface area contributed by atoms with E-state index in [1.54, 1.807) is 28.8 Å². The second-order valence-electron chi connectivity index (χ2n) is 7.62. The molecule has 8 heteroatoms. The van der Waals surface area contributed by atoms with Gasteiger partial charge in [0.2, 0.25) is 5.56 Å². The van der Waals surface area contributed by atoms with E-state index >= 15 is 0 Å². The Morgan fingerprint density at radius 2 is 1.53 bits per heavy atom. The van der Waals surface area contributed by atoms with Crippen molar-refractivity contribution in [3.8, 4) is 0 Å². The minimum absolute atomic E-state index is 0.0635. The normalized spacial score (nSPS) is 14.0. The molecular formula is C24H22Cl2N2O4. The molecule has 1 aliphatic heterocycles. The molecule has 5 rings (SSSR count). The van der Waals surface area contributed by atoms with E-state index in [-0.39, 0.29) is 17.4 Å². The first kappa shape index (κ1) is 22.6. The number of ether oxygens (including phenoxy) is 2. The van der Waals surface area contributed by atoms with Gasteiger partial charge in [0.15, 0.2) is 6.29 Å². The van der Waals surface area contributed by atoms with Gasteiger partial charge in [0, 0.05) is 33.0 Å². The molecule has 1 saturated heterocycles. The highest BCUT2D eigenvalue weighted by atomic mass is 35.5. The molecule has 6 nitrogen and oxygen atoms in total. The van der Waals surface area contributed by atoms with Crippen LogP contribution in [0.2, 0.25) is 10.0 Å².